The van der Waals surface area contributed by atoms with E-state index in [4.69, 9.17) is 9.47 Å². The van der Waals surface area contributed by atoms with Gasteiger partial charge in [-0.25, -0.2) is 4.79 Å². The molecule has 0 aliphatic heterocycles. The number of benzene rings is 1. The third-order valence-corrected chi connectivity index (χ3v) is 4.65. The van der Waals surface area contributed by atoms with E-state index in [0.29, 0.717) is 12.6 Å². The SMILES string of the molecule is CN=C(NCC(C)Oc1ccccc1)NC1CCC(NC(=O)OC(C)(C)C)CC1.I. The third-order valence-electron chi connectivity index (χ3n) is 4.65. The molecule has 8 heteroatoms. The molecule has 1 fully saturated rings. The van der Waals surface area contributed by atoms with Crippen LogP contribution in [0.25, 0.3) is 0 Å². The van der Waals surface area contributed by atoms with Crippen LogP contribution in [0.15, 0.2) is 35.3 Å². The van der Waals surface area contributed by atoms with Crippen LogP contribution in [0, 0.1) is 0 Å². The number of guanidine groups is 1. The summed E-state index contributed by atoms with van der Waals surface area (Å²) in [4.78, 5) is 16.2. The van der Waals surface area contributed by atoms with Crippen molar-refractivity contribution in [2.24, 2.45) is 4.99 Å². The normalized spacial score (nSPS) is 20.4. The summed E-state index contributed by atoms with van der Waals surface area (Å²) in [6.07, 6.45) is 3.46. The molecule has 1 aromatic carbocycles. The van der Waals surface area contributed by atoms with Crippen LogP contribution in [-0.2, 0) is 4.74 Å². The quantitative estimate of drug-likeness (QED) is 0.292. The van der Waals surface area contributed by atoms with Gasteiger partial charge in [0.15, 0.2) is 5.96 Å². The molecule has 0 aromatic heterocycles. The lowest BCUT2D eigenvalue weighted by Gasteiger charge is -2.31. The second-order valence-corrected chi connectivity index (χ2v) is 8.53. The number of hydrogen-bond donors (Lipinski definition) is 3. The first-order chi connectivity index (χ1) is 13.7. The van der Waals surface area contributed by atoms with E-state index in [-0.39, 0.29) is 42.2 Å². The van der Waals surface area contributed by atoms with Gasteiger partial charge in [0.2, 0.25) is 0 Å². The fraction of sp³-hybridized carbons (Fsp3) is 0.636. The number of aliphatic imine (C=N–C) groups is 1. The van der Waals surface area contributed by atoms with Gasteiger partial charge in [-0.15, -0.1) is 24.0 Å². The predicted octanol–water partition coefficient (Wildman–Crippen LogP) is 4.07. The van der Waals surface area contributed by atoms with Crippen molar-refractivity contribution in [1.29, 1.82) is 0 Å². The Morgan fingerprint density at radius 1 is 1.10 bits per heavy atom. The van der Waals surface area contributed by atoms with Crippen molar-refractivity contribution < 1.29 is 14.3 Å². The molecule has 1 aromatic rings. The van der Waals surface area contributed by atoms with Crippen molar-refractivity contribution in [1.82, 2.24) is 16.0 Å². The smallest absolute Gasteiger partial charge is 0.407 e. The van der Waals surface area contributed by atoms with Crippen molar-refractivity contribution in [3.8, 4) is 5.75 Å². The molecule has 1 aliphatic rings. The number of nitrogens with zero attached hydrogens (tertiary/aromatic N) is 1. The number of ether oxygens (including phenoxy) is 2. The maximum atomic E-state index is 11.9. The summed E-state index contributed by atoms with van der Waals surface area (Å²) in [7, 11) is 1.77. The Morgan fingerprint density at radius 3 is 2.20 bits per heavy atom. The first kappa shape index (κ1) is 26.3. The molecule has 0 bridgehead atoms. The Bertz CT molecular complexity index is 656. The zero-order valence-electron chi connectivity index (χ0n) is 18.7. The number of nitrogens with one attached hydrogen (secondary N) is 3. The number of carbonyl (C=O) groups excluding carboxylic acids is 1. The van der Waals surface area contributed by atoms with Crippen molar-refractivity contribution in [3.05, 3.63) is 30.3 Å². The highest BCUT2D eigenvalue weighted by Crippen LogP contribution is 2.19. The molecule has 170 valence electrons. The van der Waals surface area contributed by atoms with E-state index >= 15 is 0 Å². The summed E-state index contributed by atoms with van der Waals surface area (Å²) in [6, 6.07) is 10.3. The van der Waals surface area contributed by atoms with E-state index < -0.39 is 5.60 Å². The summed E-state index contributed by atoms with van der Waals surface area (Å²) in [5.74, 6) is 1.64. The van der Waals surface area contributed by atoms with Gasteiger partial charge in [0.25, 0.3) is 0 Å². The van der Waals surface area contributed by atoms with Crippen LogP contribution in [0.5, 0.6) is 5.75 Å². The minimum atomic E-state index is -0.470. The summed E-state index contributed by atoms with van der Waals surface area (Å²) < 4.78 is 11.2. The number of carbonyl (C=O) groups is 1. The van der Waals surface area contributed by atoms with Crippen molar-refractivity contribution in [3.63, 3.8) is 0 Å². The first-order valence-corrected chi connectivity index (χ1v) is 10.4. The highest BCUT2D eigenvalue weighted by atomic mass is 127. The van der Waals surface area contributed by atoms with Gasteiger partial charge >= 0.3 is 6.09 Å². The summed E-state index contributed by atoms with van der Waals surface area (Å²) in [6.45, 7) is 8.30. The average Bonchev–Trinajstić information content (AvgIpc) is 2.65. The average molecular weight is 532 g/mol. The third kappa shape index (κ3) is 10.4. The molecule has 1 atom stereocenters. The van der Waals surface area contributed by atoms with Crippen LogP contribution in [-0.4, -0.2) is 49.4 Å². The lowest BCUT2D eigenvalue weighted by atomic mass is 9.91. The minimum Gasteiger partial charge on any atom is -0.489 e. The Hall–Kier alpha value is -1.71. The van der Waals surface area contributed by atoms with Crippen LogP contribution < -0.4 is 20.7 Å². The fourth-order valence-electron chi connectivity index (χ4n) is 3.26. The molecule has 1 aliphatic carbocycles. The highest BCUT2D eigenvalue weighted by molar-refractivity contribution is 14.0. The van der Waals surface area contributed by atoms with Gasteiger partial charge in [-0.3, -0.25) is 4.99 Å². The zero-order valence-corrected chi connectivity index (χ0v) is 21.1. The van der Waals surface area contributed by atoms with E-state index in [1.807, 2.05) is 58.0 Å². The van der Waals surface area contributed by atoms with E-state index in [1.165, 1.54) is 0 Å². The Balaban J connectivity index is 0.00000450. The number of alkyl carbamates (subject to hydrolysis) is 1. The van der Waals surface area contributed by atoms with Gasteiger partial charge in [0.05, 0.1) is 6.54 Å². The molecule has 0 heterocycles. The topological polar surface area (TPSA) is 84.0 Å². The molecule has 0 saturated heterocycles. The van der Waals surface area contributed by atoms with Gasteiger partial charge in [-0.05, 0) is 65.5 Å². The van der Waals surface area contributed by atoms with E-state index in [1.54, 1.807) is 7.05 Å². The summed E-state index contributed by atoms with van der Waals surface area (Å²) in [5, 5.41) is 9.78. The molecule has 1 unspecified atom stereocenters. The standard InChI is InChI=1S/C22H36N4O3.HI/c1-16(28-19-9-7-6-8-10-19)15-24-20(23-5)25-17-11-13-18(14-12-17)26-21(27)29-22(2,3)4;/h6-10,16-18H,11-15H2,1-5H3,(H,26,27)(H2,23,24,25);1H. The number of hydrogen-bond acceptors (Lipinski definition) is 4. The van der Waals surface area contributed by atoms with Crippen molar-refractivity contribution in [2.75, 3.05) is 13.6 Å². The van der Waals surface area contributed by atoms with Crippen LogP contribution in [0.3, 0.4) is 0 Å². The molecule has 0 radical (unpaired) electrons. The summed E-state index contributed by atoms with van der Waals surface area (Å²) in [5.41, 5.74) is -0.470. The molecule has 2 rings (SSSR count). The molecule has 0 spiro atoms. The monoisotopic (exact) mass is 532 g/mol. The largest absolute Gasteiger partial charge is 0.489 e. The minimum absolute atomic E-state index is 0. The van der Waals surface area contributed by atoms with E-state index in [2.05, 4.69) is 20.9 Å². The molecule has 30 heavy (non-hydrogen) atoms. The lowest BCUT2D eigenvalue weighted by molar-refractivity contribution is 0.0490. The Labute approximate surface area is 197 Å². The van der Waals surface area contributed by atoms with Gasteiger partial charge in [0, 0.05) is 19.1 Å². The zero-order chi connectivity index (χ0) is 21.3. The molecule has 7 nitrogen and oxygen atoms in total. The highest BCUT2D eigenvalue weighted by Gasteiger charge is 2.25. The molecular weight excluding hydrogens is 495 g/mol. The Kier molecular flexibility index (Phi) is 11.3. The summed E-state index contributed by atoms with van der Waals surface area (Å²) >= 11 is 0. The van der Waals surface area contributed by atoms with Crippen LogP contribution in [0.1, 0.15) is 53.4 Å². The molecule has 1 amide bonds. The van der Waals surface area contributed by atoms with Crippen molar-refractivity contribution >= 4 is 36.0 Å². The van der Waals surface area contributed by atoms with Crippen LogP contribution >= 0.6 is 24.0 Å². The van der Waals surface area contributed by atoms with Crippen molar-refractivity contribution in [2.45, 2.75) is 77.2 Å². The predicted molar refractivity (Wildman–Crippen MR) is 132 cm³/mol. The maximum absolute atomic E-state index is 11.9. The number of halogens is 1. The molecule has 3 N–H and O–H groups in total. The van der Waals surface area contributed by atoms with Crippen LogP contribution in [0.4, 0.5) is 4.79 Å². The van der Waals surface area contributed by atoms with E-state index in [9.17, 15) is 4.79 Å². The fourth-order valence-corrected chi connectivity index (χ4v) is 3.26. The van der Waals surface area contributed by atoms with Gasteiger partial charge < -0.3 is 25.4 Å². The number of para-hydroxylation sites is 1. The Morgan fingerprint density at radius 2 is 1.67 bits per heavy atom. The second-order valence-electron chi connectivity index (χ2n) is 8.53. The lowest BCUT2D eigenvalue weighted by Crippen LogP contribution is -2.49. The number of rotatable bonds is 6. The van der Waals surface area contributed by atoms with Crippen LogP contribution in [0.2, 0.25) is 0 Å². The second kappa shape index (κ2) is 12.9. The van der Waals surface area contributed by atoms with Gasteiger partial charge in [-0.1, -0.05) is 18.2 Å². The van der Waals surface area contributed by atoms with Gasteiger partial charge in [0.1, 0.15) is 17.5 Å². The number of amides is 1. The first-order valence-electron chi connectivity index (χ1n) is 10.4. The molecular formula is C22H37IN4O3. The van der Waals surface area contributed by atoms with E-state index in [0.717, 1.165) is 37.4 Å². The van der Waals surface area contributed by atoms with Gasteiger partial charge in [-0.2, -0.15) is 0 Å². The molecule has 1 saturated carbocycles. The maximum Gasteiger partial charge on any atom is 0.407 e.